The fourth-order valence-corrected chi connectivity index (χ4v) is 7.06. The molecular weight excluding hydrogens is 623 g/mol. The van der Waals surface area contributed by atoms with E-state index >= 15 is 0 Å². The number of hydrogen-bond donors (Lipinski definition) is 1. The fourth-order valence-electron chi connectivity index (χ4n) is 7.06. The van der Waals surface area contributed by atoms with Crippen molar-refractivity contribution in [2.75, 3.05) is 4.90 Å². The van der Waals surface area contributed by atoms with Gasteiger partial charge in [-0.1, -0.05) is 133 Å². The maximum atomic E-state index is 11.2. The summed E-state index contributed by atoms with van der Waals surface area (Å²) in [7, 11) is 0. The third kappa shape index (κ3) is 5.94. The molecule has 0 amide bonds. The lowest BCUT2D eigenvalue weighted by atomic mass is 9.67. The molecular formula is C47H35N3O. The Morgan fingerprint density at radius 1 is 0.471 bits per heavy atom. The van der Waals surface area contributed by atoms with Gasteiger partial charge in [-0.15, -0.1) is 0 Å². The topological polar surface area (TPSA) is 49.3 Å². The number of aromatic hydroxyl groups is 1. The van der Waals surface area contributed by atoms with Crippen molar-refractivity contribution in [2.45, 2.75) is 5.41 Å². The number of hydrogen-bond acceptors (Lipinski definition) is 4. The van der Waals surface area contributed by atoms with Crippen LogP contribution in [0.3, 0.4) is 0 Å². The Morgan fingerprint density at radius 2 is 1.02 bits per heavy atom. The van der Waals surface area contributed by atoms with Gasteiger partial charge in [0, 0.05) is 28.7 Å². The summed E-state index contributed by atoms with van der Waals surface area (Å²) in [5.41, 5.74) is 9.43. The average molecular weight is 658 g/mol. The Morgan fingerprint density at radius 3 is 1.61 bits per heavy atom. The molecule has 0 saturated carbocycles. The number of phenols is 1. The van der Waals surface area contributed by atoms with E-state index in [0.29, 0.717) is 11.3 Å². The first-order valence-electron chi connectivity index (χ1n) is 17.1. The van der Waals surface area contributed by atoms with Crippen molar-refractivity contribution in [1.29, 1.82) is 0 Å². The van der Waals surface area contributed by atoms with Crippen molar-refractivity contribution in [3.63, 3.8) is 0 Å². The van der Waals surface area contributed by atoms with Gasteiger partial charge in [0.15, 0.2) is 0 Å². The largest absolute Gasteiger partial charge is 0.507 e. The van der Waals surface area contributed by atoms with E-state index in [1.165, 1.54) is 0 Å². The van der Waals surface area contributed by atoms with Crippen LogP contribution in [0.5, 0.6) is 5.75 Å². The predicted molar refractivity (Wildman–Crippen MR) is 208 cm³/mol. The van der Waals surface area contributed by atoms with Gasteiger partial charge in [-0.25, -0.2) is 4.98 Å². The van der Waals surface area contributed by atoms with E-state index in [1.54, 1.807) is 6.07 Å². The molecule has 8 aromatic rings. The van der Waals surface area contributed by atoms with Crippen molar-refractivity contribution < 1.29 is 5.11 Å². The fraction of sp³-hybridized carbons (Fsp3) is 0.0213. The number of phenolic OH excluding ortho intramolecular Hbond substituents is 1. The highest BCUT2D eigenvalue weighted by Gasteiger charge is 2.39. The second-order valence-electron chi connectivity index (χ2n) is 12.4. The summed E-state index contributed by atoms with van der Waals surface area (Å²) in [5.74, 6) is 0.167. The first-order valence-corrected chi connectivity index (χ1v) is 17.1. The zero-order valence-corrected chi connectivity index (χ0v) is 27.9. The molecule has 0 atom stereocenters. The van der Waals surface area contributed by atoms with Gasteiger partial charge in [0.05, 0.1) is 28.2 Å². The van der Waals surface area contributed by atoms with Crippen molar-refractivity contribution in [3.8, 4) is 28.3 Å². The Kier molecular flexibility index (Phi) is 8.63. The second-order valence-corrected chi connectivity index (χ2v) is 12.4. The van der Waals surface area contributed by atoms with Gasteiger partial charge < -0.3 is 10.0 Å². The maximum absolute atomic E-state index is 11.2. The van der Waals surface area contributed by atoms with Crippen LogP contribution in [0.15, 0.2) is 206 Å². The third-order valence-corrected chi connectivity index (χ3v) is 9.36. The lowest BCUT2D eigenvalue weighted by Crippen LogP contribution is -2.32. The number of nitrogens with zero attached hydrogens (tertiary/aromatic N) is 3. The van der Waals surface area contributed by atoms with Crippen LogP contribution in [0.2, 0.25) is 0 Å². The summed E-state index contributed by atoms with van der Waals surface area (Å²) in [6, 6.07) is 68.0. The number of para-hydroxylation sites is 3. The molecule has 0 unspecified atom stereocenters. The van der Waals surface area contributed by atoms with Gasteiger partial charge in [-0.3, -0.25) is 4.98 Å². The molecule has 2 aromatic heterocycles. The van der Waals surface area contributed by atoms with Crippen molar-refractivity contribution in [1.82, 2.24) is 9.97 Å². The molecule has 6 aromatic carbocycles. The molecule has 4 nitrogen and oxygen atoms in total. The molecule has 0 radical (unpaired) electrons. The van der Waals surface area contributed by atoms with Crippen LogP contribution in [-0.2, 0) is 5.41 Å². The summed E-state index contributed by atoms with van der Waals surface area (Å²) in [6.07, 6.45) is 1.87. The van der Waals surface area contributed by atoms with Crippen LogP contribution < -0.4 is 4.90 Å². The molecule has 0 aliphatic carbocycles. The molecule has 51 heavy (non-hydrogen) atoms. The van der Waals surface area contributed by atoms with Crippen LogP contribution in [0.4, 0.5) is 17.1 Å². The predicted octanol–water partition coefficient (Wildman–Crippen LogP) is 11.4. The van der Waals surface area contributed by atoms with E-state index in [9.17, 15) is 5.11 Å². The summed E-state index contributed by atoms with van der Waals surface area (Å²) in [6.45, 7) is 0. The zero-order valence-electron chi connectivity index (χ0n) is 27.9. The molecule has 0 saturated heterocycles. The van der Waals surface area contributed by atoms with Crippen LogP contribution in [0.1, 0.15) is 22.4 Å². The van der Waals surface area contributed by atoms with Gasteiger partial charge >= 0.3 is 0 Å². The van der Waals surface area contributed by atoms with Gasteiger partial charge in [0.2, 0.25) is 0 Å². The lowest BCUT2D eigenvalue weighted by Gasteiger charge is -2.36. The molecule has 0 spiro atoms. The number of anilines is 3. The highest BCUT2D eigenvalue weighted by atomic mass is 16.3. The Labute approximate surface area is 298 Å². The highest BCUT2D eigenvalue weighted by molar-refractivity contribution is 5.89. The van der Waals surface area contributed by atoms with Crippen LogP contribution >= 0.6 is 0 Å². The maximum Gasteiger partial charge on any atom is 0.125 e. The number of rotatable bonds is 9. The zero-order chi connectivity index (χ0) is 34.5. The standard InChI is InChI=1S/C47H35N3O/c51-44-29-14-13-28-41(44)46-43(50(39-24-9-3-10-25-39)40-26-11-4-12-27-40)32-31-42(49-46)35-18-17-23-38(34-35)47(36-19-5-1-6-20-36,37-21-7-2-8-22-37)45-30-15-16-33-48-45/h1-34,51H. The molecule has 0 aliphatic rings. The van der Waals surface area contributed by atoms with Crippen LogP contribution in [0.25, 0.3) is 22.5 Å². The smallest absolute Gasteiger partial charge is 0.125 e. The number of pyridine rings is 2. The van der Waals surface area contributed by atoms with Crippen molar-refractivity contribution in [2.24, 2.45) is 0 Å². The molecule has 4 heteroatoms. The molecule has 2 heterocycles. The molecule has 0 aliphatic heterocycles. The molecule has 8 rings (SSSR count). The van der Waals surface area contributed by atoms with Crippen molar-refractivity contribution >= 4 is 17.1 Å². The van der Waals surface area contributed by atoms with E-state index in [2.05, 4.69) is 126 Å². The van der Waals surface area contributed by atoms with E-state index in [1.807, 2.05) is 79.0 Å². The minimum absolute atomic E-state index is 0.167. The molecule has 0 bridgehead atoms. The quantitative estimate of drug-likeness (QED) is 0.157. The third-order valence-electron chi connectivity index (χ3n) is 9.36. The first-order chi connectivity index (χ1) is 25.2. The van der Waals surface area contributed by atoms with Gasteiger partial charge in [-0.05, 0) is 83.4 Å². The van der Waals surface area contributed by atoms with E-state index in [-0.39, 0.29) is 5.75 Å². The minimum Gasteiger partial charge on any atom is -0.507 e. The number of aromatic nitrogens is 2. The number of benzene rings is 6. The SMILES string of the molecule is Oc1ccccc1-c1nc(-c2cccc(C(c3ccccc3)(c3ccccc3)c3ccccn3)c2)ccc1N(c1ccccc1)c1ccccc1. The summed E-state index contributed by atoms with van der Waals surface area (Å²) >= 11 is 0. The summed E-state index contributed by atoms with van der Waals surface area (Å²) in [5, 5.41) is 11.2. The molecule has 244 valence electrons. The average Bonchev–Trinajstić information content (AvgIpc) is 3.21. The highest BCUT2D eigenvalue weighted by Crippen LogP contribution is 2.46. The Hall–Kier alpha value is -6.78. The van der Waals surface area contributed by atoms with Gasteiger partial charge in [0.1, 0.15) is 5.75 Å². The van der Waals surface area contributed by atoms with Crippen LogP contribution in [-0.4, -0.2) is 15.1 Å². The Bertz CT molecular complexity index is 2230. The summed E-state index contributed by atoms with van der Waals surface area (Å²) in [4.78, 5) is 12.5. The lowest BCUT2D eigenvalue weighted by molar-refractivity contribution is 0.477. The van der Waals surface area contributed by atoms with Gasteiger partial charge in [-0.2, -0.15) is 0 Å². The van der Waals surface area contributed by atoms with E-state index < -0.39 is 5.41 Å². The monoisotopic (exact) mass is 657 g/mol. The van der Waals surface area contributed by atoms with Gasteiger partial charge in [0.25, 0.3) is 0 Å². The van der Waals surface area contributed by atoms with Crippen molar-refractivity contribution in [3.05, 3.63) is 229 Å². The minimum atomic E-state index is -0.697. The van der Waals surface area contributed by atoms with E-state index in [4.69, 9.17) is 9.97 Å². The molecule has 1 N–H and O–H groups in total. The first kappa shape index (κ1) is 31.5. The normalized spacial score (nSPS) is 11.2. The van der Waals surface area contributed by atoms with E-state index in [0.717, 1.165) is 50.7 Å². The second kappa shape index (κ2) is 14.0. The Balaban J connectivity index is 1.36. The molecule has 0 fully saturated rings. The summed E-state index contributed by atoms with van der Waals surface area (Å²) < 4.78 is 0. The van der Waals surface area contributed by atoms with Crippen LogP contribution in [0, 0.1) is 0 Å².